The quantitative estimate of drug-likeness (QED) is 0.250. The van der Waals surface area contributed by atoms with Crippen LogP contribution in [0.3, 0.4) is 0 Å². The molecule has 0 saturated carbocycles. The van der Waals surface area contributed by atoms with Crippen molar-refractivity contribution in [2.75, 3.05) is 4.90 Å². The fraction of sp³-hybridized carbons (Fsp3) is 0.0400. The number of carboxylic acids is 1. The van der Waals surface area contributed by atoms with Gasteiger partial charge in [-0.2, -0.15) is 0 Å². The van der Waals surface area contributed by atoms with Crippen LogP contribution in [0, 0.1) is 5.82 Å². The van der Waals surface area contributed by atoms with Crippen LogP contribution >= 0.6 is 35.4 Å². The molecule has 0 radical (unpaired) electrons. The van der Waals surface area contributed by atoms with Crippen molar-refractivity contribution in [3.63, 3.8) is 0 Å². The third-order valence-corrected chi connectivity index (χ3v) is 5.96. The minimum absolute atomic E-state index is 0.0652. The predicted octanol–water partition coefficient (Wildman–Crippen LogP) is 5.24. The van der Waals surface area contributed by atoms with E-state index in [2.05, 4.69) is 5.32 Å². The molecule has 0 unspecified atom stereocenters. The summed E-state index contributed by atoms with van der Waals surface area (Å²) in [6.07, 6.45) is 1.26. The molecule has 7 nitrogen and oxygen atoms in total. The zero-order chi connectivity index (χ0) is 26.0. The highest BCUT2D eigenvalue weighted by molar-refractivity contribution is 7.80. The number of aromatic carboxylic acids is 1. The van der Waals surface area contributed by atoms with Gasteiger partial charge in [0.25, 0.3) is 11.8 Å². The highest BCUT2D eigenvalue weighted by Crippen LogP contribution is 2.36. The maximum Gasteiger partial charge on any atom is 0.335 e. The number of amides is 2. The van der Waals surface area contributed by atoms with E-state index in [0.29, 0.717) is 11.1 Å². The molecule has 3 aromatic rings. The Kier molecular flexibility index (Phi) is 7.35. The lowest BCUT2D eigenvalue weighted by molar-refractivity contribution is -0.122. The molecule has 11 heteroatoms. The second kappa shape index (κ2) is 10.4. The molecular weight excluding hydrogens is 530 g/mol. The summed E-state index contributed by atoms with van der Waals surface area (Å²) >= 11 is 17.8. The first-order valence-electron chi connectivity index (χ1n) is 10.3. The van der Waals surface area contributed by atoms with Gasteiger partial charge in [-0.25, -0.2) is 14.1 Å². The lowest BCUT2D eigenvalue weighted by atomic mass is 10.1. The van der Waals surface area contributed by atoms with Crippen molar-refractivity contribution in [1.82, 2.24) is 5.32 Å². The van der Waals surface area contributed by atoms with Crippen LogP contribution in [-0.2, 0) is 16.2 Å². The zero-order valence-electron chi connectivity index (χ0n) is 18.1. The molecule has 0 aromatic heterocycles. The molecule has 1 saturated heterocycles. The van der Waals surface area contributed by atoms with Gasteiger partial charge < -0.3 is 9.84 Å². The van der Waals surface area contributed by atoms with Gasteiger partial charge in [0.15, 0.2) is 10.9 Å². The molecule has 0 bridgehead atoms. The summed E-state index contributed by atoms with van der Waals surface area (Å²) in [5.41, 5.74) is 0.749. The van der Waals surface area contributed by atoms with Gasteiger partial charge >= 0.3 is 5.97 Å². The summed E-state index contributed by atoms with van der Waals surface area (Å²) in [6, 6.07) is 14.5. The van der Waals surface area contributed by atoms with Gasteiger partial charge in [-0.05, 0) is 65.8 Å². The minimum atomic E-state index is -1.04. The van der Waals surface area contributed by atoms with E-state index in [1.54, 1.807) is 12.1 Å². The first-order valence-corrected chi connectivity index (χ1v) is 11.4. The number of thiocarbonyl (C=S) groups is 1. The van der Waals surface area contributed by atoms with Crippen LogP contribution in [0.15, 0.2) is 66.2 Å². The van der Waals surface area contributed by atoms with Crippen LogP contribution in [0.25, 0.3) is 6.08 Å². The topological polar surface area (TPSA) is 95.9 Å². The smallest absolute Gasteiger partial charge is 0.335 e. The van der Waals surface area contributed by atoms with Crippen LogP contribution in [0.5, 0.6) is 5.75 Å². The number of hydrogen-bond acceptors (Lipinski definition) is 5. The monoisotopic (exact) mass is 544 g/mol. The number of carbonyl (C=O) groups excluding carboxylic acids is 2. The van der Waals surface area contributed by atoms with Crippen molar-refractivity contribution in [3.8, 4) is 5.75 Å². The van der Waals surface area contributed by atoms with Crippen molar-refractivity contribution in [2.24, 2.45) is 0 Å². The highest BCUT2D eigenvalue weighted by Gasteiger charge is 2.35. The largest absolute Gasteiger partial charge is 0.486 e. The van der Waals surface area contributed by atoms with E-state index in [1.807, 2.05) is 0 Å². The van der Waals surface area contributed by atoms with Crippen molar-refractivity contribution < 1.29 is 28.6 Å². The molecule has 4 rings (SSSR count). The Bertz CT molecular complexity index is 1420. The zero-order valence-corrected chi connectivity index (χ0v) is 20.5. The van der Waals surface area contributed by atoms with Crippen LogP contribution in [0.4, 0.5) is 10.1 Å². The SMILES string of the molecule is O=C1NC(=S)N(c2ccccc2F)C(=O)/C1=C/c1cc(Cl)c(OCc2ccc(C(=O)O)cc2)c(Cl)c1. The fourth-order valence-electron chi connectivity index (χ4n) is 3.38. The average molecular weight is 545 g/mol. The molecule has 0 atom stereocenters. The van der Waals surface area contributed by atoms with Crippen LogP contribution in [0.1, 0.15) is 21.5 Å². The van der Waals surface area contributed by atoms with Crippen LogP contribution in [0.2, 0.25) is 10.0 Å². The molecule has 0 aliphatic carbocycles. The maximum atomic E-state index is 14.3. The third-order valence-electron chi connectivity index (χ3n) is 5.11. The van der Waals surface area contributed by atoms with E-state index in [9.17, 15) is 18.8 Å². The third kappa shape index (κ3) is 5.23. The Morgan fingerprint density at radius 3 is 2.33 bits per heavy atom. The Morgan fingerprint density at radius 2 is 1.72 bits per heavy atom. The number of carboxylic acid groups (broad SMARTS) is 1. The van der Waals surface area contributed by atoms with Gasteiger partial charge in [0, 0.05) is 0 Å². The molecule has 1 aliphatic heterocycles. The fourth-order valence-corrected chi connectivity index (χ4v) is 4.26. The number of anilines is 1. The van der Waals surface area contributed by atoms with E-state index in [0.717, 1.165) is 4.90 Å². The maximum absolute atomic E-state index is 14.3. The molecule has 1 fully saturated rings. The lowest BCUT2D eigenvalue weighted by Crippen LogP contribution is -2.54. The van der Waals surface area contributed by atoms with E-state index >= 15 is 0 Å². The van der Waals surface area contributed by atoms with Crippen molar-refractivity contribution in [3.05, 3.63) is 98.8 Å². The molecule has 182 valence electrons. The summed E-state index contributed by atoms with van der Waals surface area (Å²) in [5, 5.41) is 11.3. The van der Waals surface area contributed by atoms with E-state index in [4.69, 9.17) is 45.3 Å². The summed E-state index contributed by atoms with van der Waals surface area (Å²) in [5.74, 6) is -3.13. The number of rotatable bonds is 6. The normalized spacial score (nSPS) is 14.7. The summed E-state index contributed by atoms with van der Waals surface area (Å²) < 4.78 is 20.0. The van der Waals surface area contributed by atoms with Crippen LogP contribution < -0.4 is 15.0 Å². The molecule has 36 heavy (non-hydrogen) atoms. The average Bonchev–Trinajstić information content (AvgIpc) is 2.82. The Morgan fingerprint density at radius 1 is 1.08 bits per heavy atom. The van der Waals surface area contributed by atoms with Gasteiger partial charge in [0.05, 0.1) is 21.3 Å². The molecule has 2 N–H and O–H groups in total. The Hall–Kier alpha value is -3.79. The predicted molar refractivity (Wildman–Crippen MR) is 137 cm³/mol. The number of benzene rings is 3. The van der Waals surface area contributed by atoms with E-state index in [-0.39, 0.29) is 44.3 Å². The van der Waals surface area contributed by atoms with Gasteiger partial charge in [-0.1, -0.05) is 47.5 Å². The minimum Gasteiger partial charge on any atom is -0.486 e. The number of ether oxygens (including phenoxy) is 1. The molecule has 1 aliphatic rings. The number of nitrogens with one attached hydrogen (secondary N) is 1. The first kappa shape index (κ1) is 25.3. The Labute approximate surface area is 219 Å². The number of para-hydroxylation sites is 1. The number of nitrogens with zero attached hydrogens (tertiary/aromatic N) is 1. The Balaban J connectivity index is 1.58. The molecule has 3 aromatic carbocycles. The van der Waals surface area contributed by atoms with Crippen molar-refractivity contribution >= 4 is 70.1 Å². The summed E-state index contributed by atoms with van der Waals surface area (Å²) in [4.78, 5) is 37.5. The van der Waals surface area contributed by atoms with E-state index in [1.165, 1.54) is 54.6 Å². The van der Waals surface area contributed by atoms with Crippen molar-refractivity contribution in [1.29, 1.82) is 0 Å². The van der Waals surface area contributed by atoms with Gasteiger partial charge in [0.1, 0.15) is 18.0 Å². The van der Waals surface area contributed by atoms with Crippen molar-refractivity contribution in [2.45, 2.75) is 6.61 Å². The van der Waals surface area contributed by atoms with Gasteiger partial charge in [-0.15, -0.1) is 0 Å². The molecule has 2 amide bonds. The van der Waals surface area contributed by atoms with Gasteiger partial charge in [0.2, 0.25) is 0 Å². The second-order valence-corrected chi connectivity index (χ2v) is 8.71. The number of hydrogen-bond donors (Lipinski definition) is 2. The lowest BCUT2D eigenvalue weighted by Gasteiger charge is -2.29. The highest BCUT2D eigenvalue weighted by atomic mass is 35.5. The summed E-state index contributed by atoms with van der Waals surface area (Å²) in [7, 11) is 0. The first-order chi connectivity index (χ1) is 17.2. The molecular formula is C25H15Cl2FN2O5S. The molecule has 1 heterocycles. The summed E-state index contributed by atoms with van der Waals surface area (Å²) in [6.45, 7) is 0.0652. The van der Waals surface area contributed by atoms with Crippen LogP contribution in [-0.4, -0.2) is 28.0 Å². The second-order valence-electron chi connectivity index (χ2n) is 7.51. The molecule has 0 spiro atoms. The van der Waals surface area contributed by atoms with E-state index < -0.39 is 23.6 Å². The number of carbonyl (C=O) groups is 3. The number of halogens is 3. The standard InChI is InChI=1S/C25H15Cl2FN2O5S/c26-17-10-14(11-18(27)21(17)35-12-13-5-7-15(8-6-13)24(33)34)9-16-22(31)29-25(36)30(23(16)32)20-4-2-1-3-19(20)28/h1-11H,12H2,(H,33,34)(H,29,31,36)/b16-9+. The van der Waals surface area contributed by atoms with Gasteiger partial charge in [-0.3, -0.25) is 14.9 Å².